The second kappa shape index (κ2) is 10.3. The molecule has 0 spiro atoms. The first-order chi connectivity index (χ1) is 17.5. The van der Waals surface area contributed by atoms with E-state index in [-0.39, 0.29) is 0 Å². The van der Waals surface area contributed by atoms with Crippen LogP contribution in [0.15, 0.2) is 97.2 Å². The highest BCUT2D eigenvalue weighted by atomic mass is 15.1. The number of benzene rings is 2. The third kappa shape index (κ3) is 4.74. The van der Waals surface area contributed by atoms with Gasteiger partial charge >= 0.3 is 0 Å². The molecule has 1 unspecified atom stereocenters. The normalized spacial score (nSPS) is 13.2. The van der Waals surface area contributed by atoms with E-state index in [4.69, 9.17) is 4.98 Å². The van der Waals surface area contributed by atoms with Crippen LogP contribution in [0.4, 0.5) is 0 Å². The number of allylic oxidation sites excluding steroid dienone is 4. The largest absolute Gasteiger partial charge is 0.294 e. The minimum absolute atomic E-state index is 0.706. The summed E-state index contributed by atoms with van der Waals surface area (Å²) in [7, 11) is 0. The van der Waals surface area contributed by atoms with E-state index in [1.165, 1.54) is 28.3 Å². The zero-order valence-electron chi connectivity index (χ0n) is 21.6. The lowest BCUT2D eigenvalue weighted by atomic mass is 10.0. The van der Waals surface area contributed by atoms with Gasteiger partial charge in [0.1, 0.15) is 5.82 Å². The van der Waals surface area contributed by atoms with Gasteiger partial charge in [-0.1, -0.05) is 74.4 Å². The Morgan fingerprint density at radius 2 is 1.72 bits per heavy atom. The van der Waals surface area contributed by atoms with Gasteiger partial charge < -0.3 is 0 Å². The van der Waals surface area contributed by atoms with Gasteiger partial charge in [-0.3, -0.25) is 9.55 Å². The first-order valence-corrected chi connectivity index (χ1v) is 12.8. The van der Waals surface area contributed by atoms with Gasteiger partial charge in [0.05, 0.1) is 22.4 Å². The van der Waals surface area contributed by atoms with E-state index >= 15 is 0 Å². The van der Waals surface area contributed by atoms with E-state index in [0.29, 0.717) is 5.92 Å². The molecule has 5 aromatic rings. The predicted octanol–water partition coefficient (Wildman–Crippen LogP) is 8.94. The van der Waals surface area contributed by atoms with Crippen LogP contribution in [0.25, 0.3) is 44.6 Å². The van der Waals surface area contributed by atoms with Gasteiger partial charge in [-0.2, -0.15) is 0 Å². The van der Waals surface area contributed by atoms with Gasteiger partial charge in [-0.15, -0.1) is 0 Å². The number of para-hydroxylation sites is 1. The summed E-state index contributed by atoms with van der Waals surface area (Å²) in [6, 6.07) is 25.6. The van der Waals surface area contributed by atoms with Crippen molar-refractivity contribution in [3.63, 3.8) is 0 Å². The van der Waals surface area contributed by atoms with Crippen molar-refractivity contribution < 1.29 is 0 Å². The maximum Gasteiger partial charge on any atom is 0.138 e. The number of hydrogen-bond acceptors (Lipinski definition) is 2. The number of rotatable bonds is 7. The number of nitrogens with zero attached hydrogens (tertiary/aromatic N) is 3. The first kappa shape index (κ1) is 23.7. The Kier molecular flexibility index (Phi) is 6.81. The molecule has 180 valence electrons. The van der Waals surface area contributed by atoms with Gasteiger partial charge in [0.2, 0.25) is 0 Å². The average Bonchev–Trinajstić information content (AvgIpc) is 3.24. The molecule has 0 aliphatic heterocycles. The van der Waals surface area contributed by atoms with E-state index < -0.39 is 0 Å². The minimum atomic E-state index is 0.706. The topological polar surface area (TPSA) is 30.7 Å². The van der Waals surface area contributed by atoms with Crippen LogP contribution in [0.1, 0.15) is 44.7 Å². The maximum absolute atomic E-state index is 5.14. The third-order valence-electron chi connectivity index (χ3n) is 6.97. The molecule has 2 aromatic carbocycles. The van der Waals surface area contributed by atoms with E-state index in [2.05, 4.69) is 110 Å². The summed E-state index contributed by atoms with van der Waals surface area (Å²) >= 11 is 0. The van der Waals surface area contributed by atoms with Crippen molar-refractivity contribution in [3.8, 4) is 17.2 Å². The summed E-state index contributed by atoms with van der Waals surface area (Å²) in [5.74, 6) is 1.61. The van der Waals surface area contributed by atoms with Gasteiger partial charge in [0.15, 0.2) is 0 Å². The zero-order valence-corrected chi connectivity index (χ0v) is 21.6. The molecule has 5 rings (SSSR count). The molecule has 1 atom stereocenters. The Morgan fingerprint density at radius 3 is 2.53 bits per heavy atom. The van der Waals surface area contributed by atoms with Crippen LogP contribution in [0.2, 0.25) is 0 Å². The maximum atomic E-state index is 5.14. The molecule has 0 radical (unpaired) electrons. The Morgan fingerprint density at radius 1 is 0.917 bits per heavy atom. The van der Waals surface area contributed by atoms with Crippen molar-refractivity contribution >= 4 is 27.4 Å². The van der Waals surface area contributed by atoms with Gasteiger partial charge in [-0.25, -0.2) is 4.98 Å². The number of aryl methyl sites for hydroxylation is 1. The van der Waals surface area contributed by atoms with Crippen molar-refractivity contribution in [1.29, 1.82) is 0 Å². The molecule has 0 aliphatic carbocycles. The SMILES string of the molecule is CCC(C)C/C=C\C=C(/C)c1cc(-c2ccccn2)nc(-n2c3ccccc3c3cc(C)ccc32)c1. The van der Waals surface area contributed by atoms with Crippen LogP contribution in [0.5, 0.6) is 0 Å². The van der Waals surface area contributed by atoms with Crippen LogP contribution >= 0.6 is 0 Å². The third-order valence-corrected chi connectivity index (χ3v) is 6.97. The van der Waals surface area contributed by atoms with E-state index in [1.54, 1.807) is 0 Å². The molecule has 0 N–H and O–H groups in total. The fraction of sp³-hybridized carbons (Fsp3) is 0.212. The van der Waals surface area contributed by atoms with Crippen molar-refractivity contribution in [2.75, 3.05) is 0 Å². The molecule has 36 heavy (non-hydrogen) atoms. The number of fused-ring (bicyclic) bond motifs is 3. The van der Waals surface area contributed by atoms with Gasteiger partial charge in [-0.05, 0) is 79.8 Å². The van der Waals surface area contributed by atoms with Crippen molar-refractivity contribution in [1.82, 2.24) is 14.5 Å². The van der Waals surface area contributed by atoms with Gasteiger partial charge in [0, 0.05) is 17.0 Å². The second-order valence-corrected chi connectivity index (χ2v) is 9.71. The lowest BCUT2D eigenvalue weighted by Gasteiger charge is -2.12. The summed E-state index contributed by atoms with van der Waals surface area (Å²) in [4.78, 5) is 9.74. The molecule has 3 nitrogen and oxygen atoms in total. The molecular weight excluding hydrogens is 438 g/mol. The summed E-state index contributed by atoms with van der Waals surface area (Å²) in [5.41, 5.74) is 7.66. The fourth-order valence-corrected chi connectivity index (χ4v) is 4.62. The lowest BCUT2D eigenvalue weighted by molar-refractivity contribution is 0.572. The first-order valence-electron chi connectivity index (χ1n) is 12.8. The average molecular weight is 472 g/mol. The number of aromatic nitrogens is 3. The van der Waals surface area contributed by atoms with Crippen LogP contribution in [0, 0.1) is 12.8 Å². The molecule has 0 amide bonds. The standard InChI is InChI=1S/C33H33N3/c1-5-23(2)12-6-7-13-25(4)26-21-30(29-15-10-11-19-34-29)35-33(22-26)36-31-16-9-8-14-27(31)28-20-24(3)17-18-32(28)36/h6-11,13-23H,5,12H2,1-4H3/b7-6-,25-13+. The molecule has 0 bridgehead atoms. The molecule has 0 fully saturated rings. The smallest absolute Gasteiger partial charge is 0.138 e. The van der Waals surface area contributed by atoms with Crippen molar-refractivity contribution in [2.45, 2.75) is 40.5 Å². The van der Waals surface area contributed by atoms with Crippen molar-refractivity contribution in [3.05, 3.63) is 108 Å². The zero-order chi connectivity index (χ0) is 25.1. The Balaban J connectivity index is 1.70. The number of pyridine rings is 2. The lowest BCUT2D eigenvalue weighted by Crippen LogP contribution is -2.01. The van der Waals surface area contributed by atoms with E-state index in [0.717, 1.165) is 40.2 Å². The molecule has 0 saturated heterocycles. The van der Waals surface area contributed by atoms with Crippen LogP contribution in [-0.4, -0.2) is 14.5 Å². The van der Waals surface area contributed by atoms with Crippen LogP contribution in [-0.2, 0) is 0 Å². The molecule has 3 aromatic heterocycles. The fourth-order valence-electron chi connectivity index (χ4n) is 4.62. The predicted molar refractivity (Wildman–Crippen MR) is 153 cm³/mol. The molecule has 3 heterocycles. The highest BCUT2D eigenvalue weighted by molar-refractivity contribution is 6.09. The quantitative estimate of drug-likeness (QED) is 0.222. The summed E-state index contributed by atoms with van der Waals surface area (Å²) in [6.45, 7) is 8.85. The van der Waals surface area contributed by atoms with Gasteiger partial charge in [0.25, 0.3) is 0 Å². The molecule has 3 heteroatoms. The van der Waals surface area contributed by atoms with Crippen LogP contribution in [0.3, 0.4) is 0 Å². The Labute approximate surface area is 213 Å². The highest BCUT2D eigenvalue weighted by Crippen LogP contribution is 2.33. The van der Waals surface area contributed by atoms with E-state index in [9.17, 15) is 0 Å². The Hall–Kier alpha value is -3.98. The summed E-state index contributed by atoms with van der Waals surface area (Å²) in [5, 5.41) is 2.49. The molecule has 0 aliphatic rings. The van der Waals surface area contributed by atoms with E-state index in [1.807, 2.05) is 24.4 Å². The van der Waals surface area contributed by atoms with Crippen molar-refractivity contribution in [2.24, 2.45) is 5.92 Å². The highest BCUT2D eigenvalue weighted by Gasteiger charge is 2.15. The minimum Gasteiger partial charge on any atom is -0.294 e. The second-order valence-electron chi connectivity index (χ2n) is 9.71. The number of hydrogen-bond donors (Lipinski definition) is 0. The summed E-state index contributed by atoms with van der Waals surface area (Å²) < 4.78 is 2.28. The molecule has 0 saturated carbocycles. The summed E-state index contributed by atoms with van der Waals surface area (Å²) in [6.07, 6.45) is 10.8. The Bertz CT molecular complexity index is 1570. The molecular formula is C33H33N3. The van der Waals surface area contributed by atoms with Crippen LogP contribution < -0.4 is 0 Å². The monoisotopic (exact) mass is 471 g/mol.